The molecule has 3 N–H and O–H groups in total. The Hall–Kier alpha value is -2.09. The molecule has 0 unspecified atom stereocenters. The molecular weight excluding hydrogens is 372 g/mol. The SMILES string of the molecule is Cc1ccc(S(=O)(=O)N2CCN(c3ccc(C(=N)N)cc3)CC2)cc1Cl. The number of anilines is 1. The molecule has 0 atom stereocenters. The van der Waals surface area contributed by atoms with Gasteiger partial charge in [-0.1, -0.05) is 17.7 Å². The van der Waals surface area contributed by atoms with Crippen molar-refractivity contribution in [2.24, 2.45) is 5.73 Å². The van der Waals surface area contributed by atoms with E-state index in [4.69, 9.17) is 22.7 Å². The Morgan fingerprint density at radius 3 is 2.23 bits per heavy atom. The van der Waals surface area contributed by atoms with Crippen LogP contribution in [0.15, 0.2) is 47.4 Å². The van der Waals surface area contributed by atoms with E-state index < -0.39 is 10.0 Å². The molecule has 0 aromatic heterocycles. The van der Waals surface area contributed by atoms with Crippen LogP contribution >= 0.6 is 11.6 Å². The summed E-state index contributed by atoms with van der Waals surface area (Å²) in [5.41, 5.74) is 7.99. The first-order chi connectivity index (χ1) is 12.3. The van der Waals surface area contributed by atoms with Crippen molar-refractivity contribution in [3.63, 3.8) is 0 Å². The summed E-state index contributed by atoms with van der Waals surface area (Å²) in [7, 11) is -3.55. The van der Waals surface area contributed by atoms with Gasteiger partial charge >= 0.3 is 0 Å². The lowest BCUT2D eigenvalue weighted by molar-refractivity contribution is 0.385. The normalized spacial score (nSPS) is 15.8. The highest BCUT2D eigenvalue weighted by atomic mass is 35.5. The fraction of sp³-hybridized carbons (Fsp3) is 0.278. The zero-order chi connectivity index (χ0) is 18.9. The molecule has 8 heteroatoms. The molecule has 26 heavy (non-hydrogen) atoms. The molecular formula is C18H21ClN4O2S. The number of nitrogen functional groups attached to an aromatic ring is 1. The van der Waals surface area contributed by atoms with Gasteiger partial charge in [-0.25, -0.2) is 8.42 Å². The minimum Gasteiger partial charge on any atom is -0.384 e. The summed E-state index contributed by atoms with van der Waals surface area (Å²) in [6.07, 6.45) is 0. The van der Waals surface area contributed by atoms with Gasteiger partial charge in [-0.2, -0.15) is 4.31 Å². The number of nitrogens with zero attached hydrogens (tertiary/aromatic N) is 2. The van der Waals surface area contributed by atoms with Crippen LogP contribution in [-0.4, -0.2) is 44.7 Å². The van der Waals surface area contributed by atoms with Crippen LogP contribution in [0.4, 0.5) is 5.69 Å². The summed E-state index contributed by atoms with van der Waals surface area (Å²) in [5.74, 6) is 0.0317. The number of aryl methyl sites for hydroxylation is 1. The molecule has 138 valence electrons. The van der Waals surface area contributed by atoms with Gasteiger partial charge in [0, 0.05) is 42.5 Å². The molecule has 0 amide bonds. The quantitative estimate of drug-likeness (QED) is 0.617. The lowest BCUT2D eigenvalue weighted by Crippen LogP contribution is -2.48. The van der Waals surface area contributed by atoms with E-state index in [1.54, 1.807) is 24.3 Å². The van der Waals surface area contributed by atoms with Crippen LogP contribution in [0.25, 0.3) is 0 Å². The number of sulfonamides is 1. The van der Waals surface area contributed by atoms with E-state index in [0.717, 1.165) is 11.3 Å². The van der Waals surface area contributed by atoms with Crippen molar-refractivity contribution in [1.82, 2.24) is 4.31 Å². The van der Waals surface area contributed by atoms with E-state index in [1.807, 2.05) is 19.1 Å². The molecule has 2 aromatic rings. The van der Waals surface area contributed by atoms with Crippen LogP contribution in [0, 0.1) is 12.3 Å². The summed E-state index contributed by atoms with van der Waals surface area (Å²) in [4.78, 5) is 2.35. The Morgan fingerprint density at radius 2 is 1.69 bits per heavy atom. The summed E-state index contributed by atoms with van der Waals surface area (Å²) >= 11 is 6.08. The van der Waals surface area contributed by atoms with Gasteiger partial charge in [0.15, 0.2) is 0 Å². The Balaban J connectivity index is 1.71. The number of piperazine rings is 1. The van der Waals surface area contributed by atoms with Crippen molar-refractivity contribution in [3.8, 4) is 0 Å². The minimum atomic E-state index is -3.55. The maximum atomic E-state index is 12.8. The summed E-state index contributed by atoms with van der Waals surface area (Å²) in [5, 5.41) is 7.89. The standard InChI is InChI=1S/C18H21ClN4O2S/c1-13-2-7-16(12-17(13)19)26(24,25)23-10-8-22(9-11-23)15-5-3-14(4-6-15)18(20)21/h2-7,12H,8-11H2,1H3,(H3,20,21). The predicted octanol–water partition coefficient (Wildman–Crippen LogP) is 2.44. The van der Waals surface area contributed by atoms with Crippen LogP contribution in [-0.2, 0) is 10.0 Å². The fourth-order valence-corrected chi connectivity index (χ4v) is 4.62. The lowest BCUT2D eigenvalue weighted by atomic mass is 10.1. The fourth-order valence-electron chi connectivity index (χ4n) is 2.92. The molecule has 1 heterocycles. The molecule has 0 radical (unpaired) electrons. The van der Waals surface area contributed by atoms with Gasteiger partial charge in [-0.05, 0) is 48.9 Å². The first-order valence-electron chi connectivity index (χ1n) is 8.25. The molecule has 0 bridgehead atoms. The third-order valence-electron chi connectivity index (χ3n) is 4.56. The van der Waals surface area contributed by atoms with Gasteiger partial charge in [0.25, 0.3) is 0 Å². The van der Waals surface area contributed by atoms with Gasteiger partial charge in [0.1, 0.15) is 5.84 Å². The molecule has 0 aliphatic carbocycles. The molecule has 0 saturated carbocycles. The largest absolute Gasteiger partial charge is 0.384 e. The lowest BCUT2D eigenvalue weighted by Gasteiger charge is -2.35. The van der Waals surface area contributed by atoms with Crippen LogP contribution in [0.1, 0.15) is 11.1 Å². The highest BCUT2D eigenvalue weighted by Gasteiger charge is 2.28. The highest BCUT2D eigenvalue weighted by molar-refractivity contribution is 7.89. The zero-order valence-electron chi connectivity index (χ0n) is 14.4. The third-order valence-corrected chi connectivity index (χ3v) is 6.87. The molecule has 1 saturated heterocycles. The van der Waals surface area contributed by atoms with Crippen molar-refractivity contribution in [3.05, 3.63) is 58.6 Å². The molecule has 2 aromatic carbocycles. The number of rotatable bonds is 4. The average Bonchev–Trinajstić information content (AvgIpc) is 2.64. The van der Waals surface area contributed by atoms with Gasteiger partial charge in [0.2, 0.25) is 10.0 Å². The van der Waals surface area contributed by atoms with Crippen molar-refractivity contribution in [1.29, 1.82) is 5.41 Å². The maximum Gasteiger partial charge on any atom is 0.243 e. The van der Waals surface area contributed by atoms with E-state index >= 15 is 0 Å². The van der Waals surface area contributed by atoms with Gasteiger partial charge < -0.3 is 10.6 Å². The Kier molecular flexibility index (Phi) is 5.22. The van der Waals surface area contributed by atoms with Gasteiger partial charge in [0.05, 0.1) is 4.90 Å². The number of amidine groups is 1. The smallest absolute Gasteiger partial charge is 0.243 e. The van der Waals surface area contributed by atoms with Crippen molar-refractivity contribution in [2.45, 2.75) is 11.8 Å². The van der Waals surface area contributed by atoms with Gasteiger partial charge in [-0.15, -0.1) is 0 Å². The molecule has 1 aliphatic heterocycles. The molecule has 6 nitrogen and oxygen atoms in total. The number of benzene rings is 2. The molecule has 1 fully saturated rings. The minimum absolute atomic E-state index is 0.0317. The zero-order valence-corrected chi connectivity index (χ0v) is 16.0. The average molecular weight is 393 g/mol. The Bertz CT molecular complexity index is 921. The Labute approximate surface area is 158 Å². The summed E-state index contributed by atoms with van der Waals surface area (Å²) in [6, 6.07) is 12.2. The van der Waals surface area contributed by atoms with Crippen LogP contribution < -0.4 is 10.6 Å². The number of nitrogens with one attached hydrogen (secondary N) is 1. The van der Waals surface area contributed by atoms with E-state index in [0.29, 0.717) is 36.8 Å². The van der Waals surface area contributed by atoms with E-state index in [2.05, 4.69) is 4.90 Å². The number of nitrogens with two attached hydrogens (primary N) is 1. The molecule has 1 aliphatic rings. The van der Waals surface area contributed by atoms with Crippen LogP contribution in [0.3, 0.4) is 0 Å². The van der Waals surface area contributed by atoms with Crippen LogP contribution in [0.2, 0.25) is 5.02 Å². The highest BCUT2D eigenvalue weighted by Crippen LogP contribution is 2.25. The Morgan fingerprint density at radius 1 is 1.08 bits per heavy atom. The van der Waals surface area contributed by atoms with E-state index in [9.17, 15) is 8.42 Å². The predicted molar refractivity (Wildman–Crippen MR) is 105 cm³/mol. The van der Waals surface area contributed by atoms with E-state index in [-0.39, 0.29) is 10.7 Å². The summed E-state index contributed by atoms with van der Waals surface area (Å²) in [6.45, 7) is 3.84. The molecule has 3 rings (SSSR count). The monoisotopic (exact) mass is 392 g/mol. The van der Waals surface area contributed by atoms with Crippen molar-refractivity contribution in [2.75, 3.05) is 31.1 Å². The topological polar surface area (TPSA) is 90.5 Å². The maximum absolute atomic E-state index is 12.8. The summed E-state index contributed by atoms with van der Waals surface area (Å²) < 4.78 is 27.1. The first-order valence-corrected chi connectivity index (χ1v) is 10.1. The van der Waals surface area contributed by atoms with Crippen molar-refractivity contribution >= 4 is 33.1 Å². The van der Waals surface area contributed by atoms with E-state index in [1.165, 1.54) is 10.4 Å². The van der Waals surface area contributed by atoms with Crippen molar-refractivity contribution < 1.29 is 8.42 Å². The second-order valence-corrected chi connectivity index (χ2v) is 8.61. The number of halogens is 1. The number of hydrogen-bond donors (Lipinski definition) is 2. The third kappa shape index (κ3) is 3.70. The van der Waals surface area contributed by atoms with Gasteiger partial charge in [-0.3, -0.25) is 5.41 Å². The van der Waals surface area contributed by atoms with Crippen LogP contribution in [0.5, 0.6) is 0 Å². The molecule has 0 spiro atoms. The first kappa shape index (κ1) is 18.7. The second kappa shape index (κ2) is 7.26. The number of hydrogen-bond acceptors (Lipinski definition) is 4. The second-order valence-electron chi connectivity index (χ2n) is 6.26.